The number of carbonyl (C=O) groups is 1. The van der Waals surface area contributed by atoms with Crippen LogP contribution in [0.3, 0.4) is 0 Å². The minimum Gasteiger partial charge on any atom is -0.343 e. The summed E-state index contributed by atoms with van der Waals surface area (Å²) >= 11 is 5.91. The Morgan fingerprint density at radius 1 is 1.31 bits per heavy atom. The number of aromatic nitrogens is 4. The second kappa shape index (κ2) is 7.21. The number of halogens is 2. The first-order chi connectivity index (χ1) is 12.4. The van der Waals surface area contributed by atoms with Crippen LogP contribution >= 0.6 is 11.6 Å². The van der Waals surface area contributed by atoms with Gasteiger partial charge in [-0.05, 0) is 44.2 Å². The smallest absolute Gasteiger partial charge is 0.272 e. The van der Waals surface area contributed by atoms with E-state index in [1.807, 2.05) is 6.07 Å². The molecule has 1 amide bonds. The van der Waals surface area contributed by atoms with E-state index < -0.39 is 18.1 Å². The van der Waals surface area contributed by atoms with Crippen molar-refractivity contribution in [3.8, 4) is 17.1 Å². The standard InChI is InChI=1S/C18H17ClFN5O/c1-18(2,11-20)23-17(26)15-8-16(14-6-5-12(19)9-22-14)25(24-15)13-4-3-7-21-10-13/h3-10H,11H2,1-2H3,(H,23,26). The molecular formula is C18H17ClFN5O. The van der Waals surface area contributed by atoms with Gasteiger partial charge < -0.3 is 5.32 Å². The van der Waals surface area contributed by atoms with Gasteiger partial charge in [-0.1, -0.05) is 11.6 Å². The molecule has 3 heterocycles. The molecule has 0 bridgehead atoms. The maximum atomic E-state index is 13.0. The lowest BCUT2D eigenvalue weighted by atomic mass is 10.1. The average molecular weight is 374 g/mol. The Labute approximate surface area is 155 Å². The Morgan fingerprint density at radius 2 is 2.12 bits per heavy atom. The van der Waals surface area contributed by atoms with Crippen molar-refractivity contribution in [2.75, 3.05) is 6.67 Å². The first-order valence-corrected chi connectivity index (χ1v) is 8.28. The van der Waals surface area contributed by atoms with Crippen LogP contribution in [0.15, 0.2) is 48.9 Å². The van der Waals surface area contributed by atoms with E-state index >= 15 is 0 Å². The topological polar surface area (TPSA) is 72.7 Å². The maximum absolute atomic E-state index is 13.0. The van der Waals surface area contributed by atoms with E-state index in [9.17, 15) is 9.18 Å². The fraction of sp³-hybridized carbons (Fsp3) is 0.222. The Morgan fingerprint density at radius 3 is 2.73 bits per heavy atom. The number of pyridine rings is 2. The molecule has 0 aliphatic carbocycles. The van der Waals surface area contributed by atoms with E-state index in [1.54, 1.807) is 55.2 Å². The molecule has 3 rings (SSSR count). The summed E-state index contributed by atoms with van der Waals surface area (Å²) in [5.74, 6) is -0.467. The van der Waals surface area contributed by atoms with Gasteiger partial charge in [-0.3, -0.25) is 14.8 Å². The third-order valence-electron chi connectivity index (χ3n) is 3.61. The van der Waals surface area contributed by atoms with Gasteiger partial charge in [0.1, 0.15) is 6.67 Å². The number of amides is 1. The number of alkyl halides is 1. The van der Waals surface area contributed by atoms with Crippen molar-refractivity contribution in [3.63, 3.8) is 0 Å². The van der Waals surface area contributed by atoms with Gasteiger partial charge in [0.25, 0.3) is 5.91 Å². The number of hydrogen-bond donors (Lipinski definition) is 1. The molecule has 3 aromatic heterocycles. The fourth-order valence-electron chi connectivity index (χ4n) is 2.28. The van der Waals surface area contributed by atoms with Crippen LogP contribution in [0.5, 0.6) is 0 Å². The number of rotatable bonds is 5. The first kappa shape index (κ1) is 18.0. The van der Waals surface area contributed by atoms with Crippen molar-refractivity contribution in [2.45, 2.75) is 19.4 Å². The van der Waals surface area contributed by atoms with Crippen LogP contribution in [-0.2, 0) is 0 Å². The molecule has 0 spiro atoms. The van der Waals surface area contributed by atoms with Crippen LogP contribution in [0.4, 0.5) is 4.39 Å². The minimum atomic E-state index is -0.978. The highest BCUT2D eigenvalue weighted by atomic mass is 35.5. The van der Waals surface area contributed by atoms with E-state index in [2.05, 4.69) is 20.4 Å². The molecule has 3 aromatic rings. The number of hydrogen-bond acceptors (Lipinski definition) is 4. The molecule has 6 nitrogen and oxygen atoms in total. The van der Waals surface area contributed by atoms with Crippen LogP contribution in [0.25, 0.3) is 17.1 Å². The number of nitrogens with one attached hydrogen (secondary N) is 1. The van der Waals surface area contributed by atoms with Gasteiger partial charge >= 0.3 is 0 Å². The summed E-state index contributed by atoms with van der Waals surface area (Å²) < 4.78 is 14.6. The van der Waals surface area contributed by atoms with Crippen LogP contribution in [0.1, 0.15) is 24.3 Å². The van der Waals surface area contributed by atoms with Crippen molar-refractivity contribution in [1.82, 2.24) is 25.1 Å². The highest BCUT2D eigenvalue weighted by Crippen LogP contribution is 2.23. The molecule has 8 heteroatoms. The second-order valence-electron chi connectivity index (χ2n) is 6.37. The largest absolute Gasteiger partial charge is 0.343 e. The minimum absolute atomic E-state index is 0.155. The Kier molecular flexibility index (Phi) is 4.99. The summed E-state index contributed by atoms with van der Waals surface area (Å²) in [6, 6.07) is 8.62. The molecule has 0 saturated carbocycles. The molecule has 1 N–H and O–H groups in total. The zero-order chi connectivity index (χ0) is 18.7. The summed E-state index contributed by atoms with van der Waals surface area (Å²) in [5.41, 5.74) is 1.03. The summed E-state index contributed by atoms with van der Waals surface area (Å²) in [7, 11) is 0. The summed E-state index contributed by atoms with van der Waals surface area (Å²) in [6.07, 6.45) is 4.79. The van der Waals surface area contributed by atoms with E-state index in [0.717, 1.165) is 0 Å². The van der Waals surface area contributed by atoms with Crippen molar-refractivity contribution in [1.29, 1.82) is 0 Å². The monoisotopic (exact) mass is 373 g/mol. The quantitative estimate of drug-likeness (QED) is 0.743. The normalized spacial score (nSPS) is 11.4. The predicted molar refractivity (Wildman–Crippen MR) is 97.1 cm³/mol. The number of carbonyl (C=O) groups excluding carboxylic acids is 1. The van der Waals surface area contributed by atoms with Crippen molar-refractivity contribution < 1.29 is 9.18 Å². The lowest BCUT2D eigenvalue weighted by molar-refractivity contribution is 0.0894. The zero-order valence-corrected chi connectivity index (χ0v) is 15.0. The highest BCUT2D eigenvalue weighted by Gasteiger charge is 2.24. The Hall–Kier alpha value is -2.80. The molecule has 0 radical (unpaired) electrons. The Balaban J connectivity index is 2.06. The summed E-state index contributed by atoms with van der Waals surface area (Å²) in [6.45, 7) is 2.52. The average Bonchev–Trinajstić information content (AvgIpc) is 3.08. The van der Waals surface area contributed by atoms with Crippen LogP contribution in [0, 0.1) is 0 Å². The number of nitrogens with zero attached hydrogens (tertiary/aromatic N) is 4. The second-order valence-corrected chi connectivity index (χ2v) is 6.81. The van der Waals surface area contributed by atoms with Crippen LogP contribution < -0.4 is 5.32 Å². The summed E-state index contributed by atoms with van der Waals surface area (Å²) in [4.78, 5) is 20.9. The maximum Gasteiger partial charge on any atom is 0.272 e. The molecule has 0 aliphatic rings. The molecule has 0 saturated heterocycles. The van der Waals surface area contributed by atoms with Gasteiger partial charge in [0.05, 0.1) is 33.8 Å². The highest BCUT2D eigenvalue weighted by molar-refractivity contribution is 6.30. The van der Waals surface area contributed by atoms with Gasteiger partial charge in [0.2, 0.25) is 0 Å². The first-order valence-electron chi connectivity index (χ1n) is 7.90. The molecule has 0 aliphatic heterocycles. The van der Waals surface area contributed by atoms with E-state index in [0.29, 0.717) is 22.1 Å². The van der Waals surface area contributed by atoms with Gasteiger partial charge in [-0.2, -0.15) is 5.10 Å². The SMILES string of the molecule is CC(C)(CF)NC(=O)c1cc(-c2ccc(Cl)cn2)n(-c2cccnc2)n1. The molecule has 0 aromatic carbocycles. The molecule has 134 valence electrons. The van der Waals surface area contributed by atoms with E-state index in [1.165, 1.54) is 6.20 Å². The van der Waals surface area contributed by atoms with E-state index in [-0.39, 0.29) is 5.69 Å². The lowest BCUT2D eigenvalue weighted by Crippen LogP contribution is -2.45. The Bertz CT molecular complexity index is 909. The van der Waals surface area contributed by atoms with Gasteiger partial charge in [0.15, 0.2) is 5.69 Å². The van der Waals surface area contributed by atoms with Crippen LogP contribution in [-0.4, -0.2) is 37.9 Å². The lowest BCUT2D eigenvalue weighted by Gasteiger charge is -2.21. The van der Waals surface area contributed by atoms with Gasteiger partial charge in [-0.15, -0.1) is 0 Å². The fourth-order valence-corrected chi connectivity index (χ4v) is 2.39. The summed E-state index contributed by atoms with van der Waals surface area (Å²) in [5, 5.41) is 7.50. The van der Waals surface area contributed by atoms with Crippen molar-refractivity contribution in [3.05, 3.63) is 59.6 Å². The van der Waals surface area contributed by atoms with Crippen LogP contribution in [0.2, 0.25) is 5.02 Å². The molecular weight excluding hydrogens is 357 g/mol. The van der Waals surface area contributed by atoms with Crippen molar-refractivity contribution in [2.24, 2.45) is 0 Å². The molecule has 0 unspecified atom stereocenters. The molecule has 0 fully saturated rings. The third kappa shape index (κ3) is 3.88. The van der Waals surface area contributed by atoms with E-state index in [4.69, 9.17) is 11.6 Å². The van der Waals surface area contributed by atoms with Gasteiger partial charge in [0, 0.05) is 12.4 Å². The molecule has 26 heavy (non-hydrogen) atoms. The zero-order valence-electron chi connectivity index (χ0n) is 14.3. The molecule has 0 atom stereocenters. The van der Waals surface area contributed by atoms with Gasteiger partial charge in [-0.25, -0.2) is 9.07 Å². The van der Waals surface area contributed by atoms with Crippen molar-refractivity contribution >= 4 is 17.5 Å². The third-order valence-corrected chi connectivity index (χ3v) is 3.83. The predicted octanol–water partition coefficient (Wildman–Crippen LogP) is 3.46.